The molecule has 11 heteroatoms. The Morgan fingerprint density at radius 3 is 2.50 bits per heavy atom. The van der Waals surface area contributed by atoms with Gasteiger partial charge in [0.15, 0.2) is 12.4 Å². The number of amides is 3. The summed E-state index contributed by atoms with van der Waals surface area (Å²) >= 11 is 6.32. The number of primary amides is 1. The molecule has 38 heavy (non-hydrogen) atoms. The van der Waals surface area contributed by atoms with E-state index >= 15 is 0 Å². The number of ether oxygens (including phenoxy) is 1. The van der Waals surface area contributed by atoms with Crippen molar-refractivity contribution < 1.29 is 32.3 Å². The van der Waals surface area contributed by atoms with Crippen molar-refractivity contribution in [2.45, 2.75) is 63.3 Å². The van der Waals surface area contributed by atoms with Crippen molar-refractivity contribution in [3.8, 4) is 5.75 Å². The zero-order valence-electron chi connectivity index (χ0n) is 20.8. The average Bonchev–Trinajstić information content (AvgIpc) is 3.35. The quantitative estimate of drug-likeness (QED) is 0.510. The highest BCUT2D eigenvalue weighted by Gasteiger charge is 2.38. The van der Waals surface area contributed by atoms with Crippen molar-refractivity contribution in [2.24, 2.45) is 5.73 Å². The number of fused-ring (bicyclic) bond motifs is 1. The van der Waals surface area contributed by atoms with Gasteiger partial charge in [0.05, 0.1) is 5.02 Å². The van der Waals surface area contributed by atoms with E-state index in [0.717, 1.165) is 11.1 Å². The summed E-state index contributed by atoms with van der Waals surface area (Å²) in [6.45, 7) is 1.15. The van der Waals surface area contributed by atoms with Crippen LogP contribution in [0.3, 0.4) is 0 Å². The molecule has 2 aromatic carbocycles. The third-order valence-electron chi connectivity index (χ3n) is 7.17. The van der Waals surface area contributed by atoms with E-state index in [0.29, 0.717) is 32.2 Å². The molecular weight excluding hydrogens is 523 g/mol. The molecule has 0 saturated carbocycles. The first-order valence-electron chi connectivity index (χ1n) is 12.4. The first-order chi connectivity index (χ1) is 18.0. The lowest BCUT2D eigenvalue weighted by Gasteiger charge is -2.37. The maximum atomic E-state index is 13.7. The molecule has 2 N–H and O–H groups in total. The molecule has 0 aliphatic carbocycles. The summed E-state index contributed by atoms with van der Waals surface area (Å²) in [5.74, 6) is -1.42. The summed E-state index contributed by atoms with van der Waals surface area (Å²) in [6.07, 6.45) is -2.32. The summed E-state index contributed by atoms with van der Waals surface area (Å²) in [6, 6.07) is 10.1. The standard InChI is InChI=1S/C27H29ClF3N3O4/c1-16-8-10-20(24(35)21-11-9-18(13-22(21)28)38-15-27(29,30)31)19-6-3-2-5-17(19)14-34(16)26(37)33-12-4-7-23(33)25(32)36/h2-3,5-6,9,11,13,16,20,23H,4,7-8,10,12,14-15H2,1H3,(H2,32,36)/t16-,20?,23+/m1/s1. The number of alkyl halides is 3. The van der Waals surface area contributed by atoms with Crippen molar-refractivity contribution in [3.05, 3.63) is 64.2 Å². The number of benzene rings is 2. The molecule has 2 aliphatic rings. The number of halogens is 4. The van der Waals surface area contributed by atoms with Crippen LogP contribution < -0.4 is 10.5 Å². The Labute approximate surface area is 223 Å². The van der Waals surface area contributed by atoms with Crippen LogP contribution in [0.5, 0.6) is 5.75 Å². The normalized spacial score (nSPS) is 21.9. The zero-order chi connectivity index (χ0) is 27.6. The Morgan fingerprint density at radius 2 is 1.82 bits per heavy atom. The highest BCUT2D eigenvalue weighted by atomic mass is 35.5. The minimum Gasteiger partial charge on any atom is -0.484 e. The molecule has 7 nitrogen and oxygen atoms in total. The van der Waals surface area contributed by atoms with Crippen LogP contribution in [0.2, 0.25) is 5.02 Å². The van der Waals surface area contributed by atoms with Gasteiger partial charge in [-0.05, 0) is 61.9 Å². The molecule has 1 fully saturated rings. The number of Topliss-reactive ketones (excluding diaryl/α,β-unsaturated/α-hetero) is 1. The fourth-order valence-electron chi connectivity index (χ4n) is 5.20. The summed E-state index contributed by atoms with van der Waals surface area (Å²) in [7, 11) is 0. The van der Waals surface area contributed by atoms with Gasteiger partial charge in [0, 0.05) is 30.6 Å². The van der Waals surface area contributed by atoms with Crippen molar-refractivity contribution in [2.75, 3.05) is 13.2 Å². The molecule has 1 unspecified atom stereocenters. The van der Waals surface area contributed by atoms with Gasteiger partial charge in [0.2, 0.25) is 5.91 Å². The third kappa shape index (κ3) is 6.06. The monoisotopic (exact) mass is 551 g/mol. The molecule has 3 atom stereocenters. The fraction of sp³-hybridized carbons (Fsp3) is 0.444. The van der Waals surface area contributed by atoms with Gasteiger partial charge in [-0.2, -0.15) is 13.2 Å². The minimum absolute atomic E-state index is 0.00518. The van der Waals surface area contributed by atoms with Crippen molar-refractivity contribution in [1.82, 2.24) is 9.80 Å². The molecule has 3 amide bonds. The predicted molar refractivity (Wildman–Crippen MR) is 135 cm³/mol. The molecule has 0 radical (unpaired) electrons. The SMILES string of the molecule is C[C@@H]1CCC(C(=O)c2ccc(OCC(F)(F)F)cc2Cl)c2ccccc2CN1C(=O)N1CCC[C@H]1C(N)=O. The molecule has 0 spiro atoms. The molecule has 4 rings (SSSR count). The Kier molecular flexibility index (Phi) is 8.20. The fourth-order valence-corrected chi connectivity index (χ4v) is 5.46. The lowest BCUT2D eigenvalue weighted by Crippen LogP contribution is -2.52. The van der Waals surface area contributed by atoms with Gasteiger partial charge in [-0.15, -0.1) is 0 Å². The highest BCUT2D eigenvalue weighted by molar-refractivity contribution is 6.34. The van der Waals surface area contributed by atoms with E-state index in [4.69, 9.17) is 22.1 Å². The third-order valence-corrected chi connectivity index (χ3v) is 7.49. The summed E-state index contributed by atoms with van der Waals surface area (Å²) in [4.78, 5) is 42.3. The van der Waals surface area contributed by atoms with Crippen molar-refractivity contribution in [3.63, 3.8) is 0 Å². The van der Waals surface area contributed by atoms with E-state index in [2.05, 4.69) is 0 Å². The van der Waals surface area contributed by atoms with Gasteiger partial charge in [0.1, 0.15) is 11.8 Å². The number of nitrogens with zero attached hydrogens (tertiary/aromatic N) is 2. The number of likely N-dealkylation sites (tertiary alicyclic amines) is 1. The van der Waals surface area contributed by atoms with E-state index in [9.17, 15) is 27.6 Å². The molecule has 0 aromatic heterocycles. The molecule has 2 aliphatic heterocycles. The number of urea groups is 1. The Morgan fingerprint density at radius 1 is 1.08 bits per heavy atom. The number of carbonyl (C=O) groups excluding carboxylic acids is 3. The average molecular weight is 552 g/mol. The molecule has 0 bridgehead atoms. The Hall–Kier alpha value is -3.27. The van der Waals surface area contributed by atoms with Gasteiger partial charge >= 0.3 is 12.2 Å². The van der Waals surface area contributed by atoms with E-state index in [1.54, 1.807) is 4.90 Å². The maximum absolute atomic E-state index is 13.7. The minimum atomic E-state index is -4.50. The van der Waals surface area contributed by atoms with Gasteiger partial charge in [-0.1, -0.05) is 35.9 Å². The second-order valence-electron chi connectivity index (χ2n) is 9.75. The zero-order valence-corrected chi connectivity index (χ0v) is 21.6. The molecule has 1 saturated heterocycles. The van der Waals surface area contributed by atoms with Crippen LogP contribution in [-0.2, 0) is 11.3 Å². The van der Waals surface area contributed by atoms with Gasteiger partial charge < -0.3 is 20.3 Å². The molecule has 2 aromatic rings. The van der Waals surface area contributed by atoms with Gasteiger partial charge in [-0.3, -0.25) is 9.59 Å². The smallest absolute Gasteiger partial charge is 0.422 e. The van der Waals surface area contributed by atoms with Crippen LogP contribution in [-0.4, -0.2) is 58.9 Å². The Balaban J connectivity index is 1.59. The Bertz CT molecular complexity index is 1220. The topological polar surface area (TPSA) is 92.9 Å². The number of carbonyl (C=O) groups is 3. The second kappa shape index (κ2) is 11.2. The van der Waals surface area contributed by atoms with Crippen LogP contribution in [0.15, 0.2) is 42.5 Å². The van der Waals surface area contributed by atoms with Crippen molar-refractivity contribution >= 4 is 29.3 Å². The molecule has 2 heterocycles. The molecule has 204 valence electrons. The number of nitrogens with two attached hydrogens (primary N) is 1. The summed E-state index contributed by atoms with van der Waals surface area (Å²) in [5, 5.41) is 0.00518. The van der Waals surface area contributed by atoms with Crippen LogP contribution in [0.1, 0.15) is 60.0 Å². The van der Waals surface area contributed by atoms with Crippen LogP contribution in [0.4, 0.5) is 18.0 Å². The van der Waals surface area contributed by atoms with Crippen LogP contribution >= 0.6 is 11.6 Å². The van der Waals surface area contributed by atoms with E-state index in [1.165, 1.54) is 23.1 Å². The summed E-state index contributed by atoms with van der Waals surface area (Å²) < 4.78 is 42.2. The van der Waals surface area contributed by atoms with Gasteiger partial charge in [0.25, 0.3) is 0 Å². The van der Waals surface area contributed by atoms with Crippen molar-refractivity contribution in [1.29, 1.82) is 0 Å². The van der Waals surface area contributed by atoms with Gasteiger partial charge in [-0.25, -0.2) is 4.79 Å². The first kappa shape index (κ1) is 27.8. The largest absolute Gasteiger partial charge is 0.484 e. The maximum Gasteiger partial charge on any atom is 0.422 e. The summed E-state index contributed by atoms with van der Waals surface area (Å²) in [5.41, 5.74) is 7.26. The van der Waals surface area contributed by atoms with Crippen LogP contribution in [0.25, 0.3) is 0 Å². The van der Waals surface area contributed by atoms with Crippen LogP contribution in [0, 0.1) is 0 Å². The van der Waals surface area contributed by atoms with E-state index < -0.39 is 30.7 Å². The van der Waals surface area contributed by atoms with E-state index in [1.807, 2.05) is 31.2 Å². The number of hydrogen-bond acceptors (Lipinski definition) is 4. The number of ketones is 1. The first-order valence-corrected chi connectivity index (χ1v) is 12.8. The molecular formula is C27H29ClF3N3O4. The number of hydrogen-bond donors (Lipinski definition) is 1. The van der Waals surface area contributed by atoms with E-state index in [-0.39, 0.29) is 40.7 Å². The lowest BCUT2D eigenvalue weighted by atomic mass is 9.82. The number of rotatable bonds is 5. The second-order valence-corrected chi connectivity index (χ2v) is 10.2. The predicted octanol–water partition coefficient (Wildman–Crippen LogP) is 5.30. The lowest BCUT2D eigenvalue weighted by molar-refractivity contribution is -0.153. The highest BCUT2D eigenvalue weighted by Crippen LogP contribution is 2.36.